The lowest BCUT2D eigenvalue weighted by atomic mass is 10.3. The van der Waals surface area contributed by atoms with Crippen LogP contribution in [-0.2, 0) is 4.74 Å². The largest absolute Gasteiger partial charge is 0.355 e. The van der Waals surface area contributed by atoms with Gasteiger partial charge in [-0.3, -0.25) is 4.99 Å². The summed E-state index contributed by atoms with van der Waals surface area (Å²) in [6.45, 7) is 0.940. The van der Waals surface area contributed by atoms with Crippen LogP contribution in [0, 0.1) is 0 Å². The molecule has 1 aliphatic heterocycles. The number of dihydropyridines is 1. The van der Waals surface area contributed by atoms with Gasteiger partial charge in [0.05, 0.1) is 12.8 Å². The molecule has 0 fully saturated rings. The molecular formula is C7H11FN2O. The zero-order chi connectivity index (χ0) is 8.10. The Labute approximate surface area is 64.7 Å². The molecule has 2 N–H and O–H groups in total. The zero-order valence-electron chi connectivity index (χ0n) is 6.16. The van der Waals surface area contributed by atoms with E-state index in [1.807, 2.05) is 0 Å². The summed E-state index contributed by atoms with van der Waals surface area (Å²) < 4.78 is 17.5. The molecule has 0 aromatic heterocycles. The monoisotopic (exact) mass is 158 g/mol. The van der Waals surface area contributed by atoms with Gasteiger partial charge in [0.15, 0.2) is 6.23 Å². The molecule has 0 aliphatic carbocycles. The summed E-state index contributed by atoms with van der Waals surface area (Å²) in [6.07, 6.45) is 2.89. The van der Waals surface area contributed by atoms with Crippen LogP contribution in [0.5, 0.6) is 0 Å². The van der Waals surface area contributed by atoms with Crippen LogP contribution in [0.15, 0.2) is 16.9 Å². The van der Waals surface area contributed by atoms with Crippen molar-refractivity contribution in [2.24, 2.45) is 10.7 Å². The molecule has 0 bridgehead atoms. The standard InChI is InChI=1S/C7H11FN2O/c8-6-1-2-7(10-5-6)11-4-3-9/h1,5,7H,2-4,9H2. The Hall–Kier alpha value is -0.740. The third kappa shape index (κ3) is 2.78. The van der Waals surface area contributed by atoms with Crippen LogP contribution in [0.1, 0.15) is 6.42 Å². The van der Waals surface area contributed by atoms with E-state index in [1.54, 1.807) is 0 Å². The van der Waals surface area contributed by atoms with Gasteiger partial charge in [-0.15, -0.1) is 0 Å². The van der Waals surface area contributed by atoms with Crippen LogP contribution in [0.3, 0.4) is 0 Å². The van der Waals surface area contributed by atoms with Gasteiger partial charge in [0.2, 0.25) is 0 Å². The van der Waals surface area contributed by atoms with Crippen LogP contribution < -0.4 is 5.73 Å². The number of ether oxygens (including phenoxy) is 1. The summed E-state index contributed by atoms with van der Waals surface area (Å²) in [5.74, 6) is -0.294. The highest BCUT2D eigenvalue weighted by Gasteiger charge is 2.08. The molecule has 0 aromatic carbocycles. The number of hydrogen-bond acceptors (Lipinski definition) is 3. The third-order valence-electron chi connectivity index (χ3n) is 1.31. The second-order valence-corrected chi connectivity index (χ2v) is 2.22. The zero-order valence-corrected chi connectivity index (χ0v) is 6.16. The summed E-state index contributed by atoms with van der Waals surface area (Å²) in [5.41, 5.74) is 5.21. The Morgan fingerprint density at radius 2 is 2.64 bits per heavy atom. The summed E-state index contributed by atoms with van der Waals surface area (Å²) in [6, 6.07) is 0. The van der Waals surface area contributed by atoms with Gasteiger partial charge in [-0.2, -0.15) is 0 Å². The Morgan fingerprint density at radius 3 is 3.18 bits per heavy atom. The predicted molar refractivity (Wildman–Crippen MR) is 41.1 cm³/mol. The summed E-state index contributed by atoms with van der Waals surface area (Å²) in [5, 5.41) is 0. The maximum Gasteiger partial charge on any atom is 0.151 e. The van der Waals surface area contributed by atoms with Crippen molar-refractivity contribution in [2.75, 3.05) is 13.2 Å². The highest BCUT2D eigenvalue weighted by Crippen LogP contribution is 2.09. The van der Waals surface area contributed by atoms with Crippen LogP contribution in [0.2, 0.25) is 0 Å². The van der Waals surface area contributed by atoms with Gasteiger partial charge in [0, 0.05) is 13.0 Å². The number of hydrogen-bond donors (Lipinski definition) is 1. The molecule has 1 heterocycles. The molecule has 1 rings (SSSR count). The Kier molecular flexibility index (Phi) is 3.19. The van der Waals surface area contributed by atoms with Crippen LogP contribution >= 0.6 is 0 Å². The molecule has 0 saturated carbocycles. The second-order valence-electron chi connectivity index (χ2n) is 2.22. The van der Waals surface area contributed by atoms with Gasteiger partial charge in [0.25, 0.3) is 0 Å². The molecule has 3 nitrogen and oxygen atoms in total. The van der Waals surface area contributed by atoms with Crippen molar-refractivity contribution in [3.8, 4) is 0 Å². The molecule has 0 aromatic rings. The third-order valence-corrected chi connectivity index (χ3v) is 1.31. The first-order valence-corrected chi connectivity index (χ1v) is 3.53. The normalized spacial score (nSPS) is 23.5. The number of rotatable bonds is 3. The van der Waals surface area contributed by atoms with E-state index in [1.165, 1.54) is 12.3 Å². The molecule has 62 valence electrons. The molecule has 0 radical (unpaired) electrons. The van der Waals surface area contributed by atoms with Crippen molar-refractivity contribution in [1.29, 1.82) is 0 Å². The molecule has 0 saturated heterocycles. The van der Waals surface area contributed by atoms with E-state index in [9.17, 15) is 4.39 Å². The van der Waals surface area contributed by atoms with E-state index in [2.05, 4.69) is 4.99 Å². The van der Waals surface area contributed by atoms with Gasteiger partial charge in [0.1, 0.15) is 5.83 Å². The minimum absolute atomic E-state index is 0.238. The van der Waals surface area contributed by atoms with E-state index >= 15 is 0 Å². The average molecular weight is 158 g/mol. The van der Waals surface area contributed by atoms with Crippen molar-refractivity contribution in [3.05, 3.63) is 11.9 Å². The fraction of sp³-hybridized carbons (Fsp3) is 0.571. The van der Waals surface area contributed by atoms with E-state index in [0.29, 0.717) is 19.6 Å². The maximum absolute atomic E-state index is 12.3. The first-order valence-electron chi connectivity index (χ1n) is 3.53. The second kappa shape index (κ2) is 4.20. The summed E-state index contributed by atoms with van der Waals surface area (Å²) in [7, 11) is 0. The SMILES string of the molecule is NCCOC1CC=C(F)C=N1. The number of halogens is 1. The first-order chi connectivity index (χ1) is 5.33. The fourth-order valence-corrected chi connectivity index (χ4v) is 0.796. The molecule has 1 atom stereocenters. The number of aliphatic imine (C=N–C) groups is 1. The Morgan fingerprint density at radius 1 is 1.82 bits per heavy atom. The minimum Gasteiger partial charge on any atom is -0.355 e. The topological polar surface area (TPSA) is 47.6 Å². The van der Waals surface area contributed by atoms with Crippen LogP contribution in [-0.4, -0.2) is 25.6 Å². The fourth-order valence-electron chi connectivity index (χ4n) is 0.796. The van der Waals surface area contributed by atoms with E-state index in [-0.39, 0.29) is 12.1 Å². The molecular weight excluding hydrogens is 147 g/mol. The predicted octanol–water partition coefficient (Wildman–Crippen LogP) is 0.616. The molecule has 11 heavy (non-hydrogen) atoms. The van der Waals surface area contributed by atoms with Crippen molar-refractivity contribution in [1.82, 2.24) is 0 Å². The number of allylic oxidation sites excluding steroid dienone is 1. The Bertz CT molecular complexity index is 179. The van der Waals surface area contributed by atoms with Gasteiger partial charge in [-0.25, -0.2) is 4.39 Å². The van der Waals surface area contributed by atoms with Gasteiger partial charge >= 0.3 is 0 Å². The van der Waals surface area contributed by atoms with Crippen LogP contribution in [0.4, 0.5) is 4.39 Å². The smallest absolute Gasteiger partial charge is 0.151 e. The van der Waals surface area contributed by atoms with Gasteiger partial charge in [-0.1, -0.05) is 0 Å². The maximum atomic E-state index is 12.3. The average Bonchev–Trinajstić information content (AvgIpc) is 2.04. The van der Waals surface area contributed by atoms with E-state index < -0.39 is 0 Å². The summed E-state index contributed by atoms with van der Waals surface area (Å²) >= 11 is 0. The lowest BCUT2D eigenvalue weighted by Crippen LogP contribution is -2.17. The molecule has 1 aliphatic rings. The highest BCUT2D eigenvalue weighted by atomic mass is 19.1. The lowest BCUT2D eigenvalue weighted by molar-refractivity contribution is 0.0664. The molecule has 1 unspecified atom stereocenters. The first kappa shape index (κ1) is 8.36. The van der Waals surface area contributed by atoms with Crippen molar-refractivity contribution >= 4 is 6.21 Å². The van der Waals surface area contributed by atoms with Crippen molar-refractivity contribution in [3.63, 3.8) is 0 Å². The summed E-state index contributed by atoms with van der Waals surface area (Å²) in [4.78, 5) is 3.80. The van der Waals surface area contributed by atoms with E-state index in [4.69, 9.17) is 10.5 Å². The Balaban J connectivity index is 2.25. The number of nitrogens with zero attached hydrogens (tertiary/aromatic N) is 1. The van der Waals surface area contributed by atoms with Crippen molar-refractivity contribution < 1.29 is 9.13 Å². The van der Waals surface area contributed by atoms with Crippen LogP contribution in [0.25, 0.3) is 0 Å². The quantitative estimate of drug-likeness (QED) is 0.654. The highest BCUT2D eigenvalue weighted by molar-refractivity contribution is 5.76. The molecule has 4 heteroatoms. The van der Waals surface area contributed by atoms with Gasteiger partial charge < -0.3 is 10.5 Å². The lowest BCUT2D eigenvalue weighted by Gasteiger charge is -2.12. The van der Waals surface area contributed by atoms with E-state index in [0.717, 1.165) is 0 Å². The minimum atomic E-state index is -0.294. The van der Waals surface area contributed by atoms with Crippen molar-refractivity contribution in [2.45, 2.75) is 12.6 Å². The number of nitrogens with two attached hydrogens (primary N) is 1. The molecule has 0 amide bonds. The van der Waals surface area contributed by atoms with Gasteiger partial charge in [-0.05, 0) is 6.08 Å². The molecule has 0 spiro atoms.